The summed E-state index contributed by atoms with van der Waals surface area (Å²) >= 11 is 3.50. The van der Waals surface area contributed by atoms with Crippen LogP contribution >= 0.6 is 15.9 Å². The fourth-order valence-electron chi connectivity index (χ4n) is 2.36. The van der Waals surface area contributed by atoms with Gasteiger partial charge in [-0.15, -0.1) is 0 Å². The first-order chi connectivity index (χ1) is 11.2. The molecule has 0 radical (unpaired) electrons. The lowest BCUT2D eigenvalue weighted by Crippen LogP contribution is -2.14. The standard InChI is InChI=1S/C18H15BrN2O2/c1-2-23-16-8-4-3-6-13(16)18(22)21-15-10-9-14(19)12-7-5-11-20-17(12)15/h3-11H,2H2,1H3,(H,21,22). The molecule has 2 aromatic carbocycles. The molecule has 1 amide bonds. The molecule has 1 N–H and O–H groups in total. The maximum atomic E-state index is 12.6. The molecule has 0 aliphatic heterocycles. The summed E-state index contributed by atoms with van der Waals surface area (Å²) in [6.07, 6.45) is 1.71. The fourth-order valence-corrected chi connectivity index (χ4v) is 2.82. The summed E-state index contributed by atoms with van der Waals surface area (Å²) in [4.78, 5) is 17.0. The molecule has 0 bridgehead atoms. The topological polar surface area (TPSA) is 51.2 Å². The second kappa shape index (κ2) is 6.79. The van der Waals surface area contributed by atoms with E-state index in [1.54, 1.807) is 18.3 Å². The van der Waals surface area contributed by atoms with Gasteiger partial charge in [0, 0.05) is 16.1 Å². The fraction of sp³-hybridized carbons (Fsp3) is 0.111. The van der Waals surface area contributed by atoms with Crippen molar-refractivity contribution in [2.75, 3.05) is 11.9 Å². The zero-order valence-electron chi connectivity index (χ0n) is 12.5. The van der Waals surface area contributed by atoms with E-state index in [0.717, 1.165) is 15.4 Å². The number of nitrogens with zero attached hydrogens (tertiary/aromatic N) is 1. The summed E-state index contributed by atoms with van der Waals surface area (Å²) in [6, 6.07) is 14.7. The van der Waals surface area contributed by atoms with Gasteiger partial charge in [0.1, 0.15) is 5.75 Å². The molecule has 1 aromatic heterocycles. The molecule has 0 saturated heterocycles. The molecule has 0 unspecified atom stereocenters. The Bertz CT molecular complexity index is 865. The Morgan fingerprint density at radius 2 is 2.00 bits per heavy atom. The molecule has 116 valence electrons. The van der Waals surface area contributed by atoms with Crippen molar-refractivity contribution >= 4 is 38.4 Å². The number of hydrogen-bond donors (Lipinski definition) is 1. The Kier molecular flexibility index (Phi) is 4.57. The van der Waals surface area contributed by atoms with Crippen molar-refractivity contribution in [3.8, 4) is 5.75 Å². The highest BCUT2D eigenvalue weighted by molar-refractivity contribution is 9.10. The van der Waals surface area contributed by atoms with Gasteiger partial charge in [0.25, 0.3) is 5.91 Å². The number of rotatable bonds is 4. The van der Waals surface area contributed by atoms with Crippen LogP contribution in [0.25, 0.3) is 10.9 Å². The van der Waals surface area contributed by atoms with Gasteiger partial charge in [0.05, 0.1) is 23.4 Å². The van der Waals surface area contributed by atoms with Crippen LogP contribution in [0.15, 0.2) is 59.2 Å². The van der Waals surface area contributed by atoms with Crippen LogP contribution in [-0.2, 0) is 0 Å². The van der Waals surface area contributed by atoms with E-state index in [0.29, 0.717) is 23.6 Å². The summed E-state index contributed by atoms with van der Waals surface area (Å²) in [5, 5.41) is 3.87. The number of benzene rings is 2. The second-order valence-electron chi connectivity index (χ2n) is 4.88. The molecular weight excluding hydrogens is 356 g/mol. The average Bonchev–Trinajstić information content (AvgIpc) is 2.58. The van der Waals surface area contributed by atoms with Crippen LogP contribution in [0.2, 0.25) is 0 Å². The molecular formula is C18H15BrN2O2. The number of carbonyl (C=O) groups excluding carboxylic acids is 1. The predicted octanol–water partition coefficient (Wildman–Crippen LogP) is 4.65. The first-order valence-corrected chi connectivity index (χ1v) is 8.06. The molecule has 0 aliphatic carbocycles. The molecule has 1 heterocycles. The van der Waals surface area contributed by atoms with Gasteiger partial charge in [-0.25, -0.2) is 0 Å². The van der Waals surface area contributed by atoms with Crippen LogP contribution in [0.4, 0.5) is 5.69 Å². The Labute approximate surface area is 142 Å². The van der Waals surface area contributed by atoms with Crippen LogP contribution in [0.3, 0.4) is 0 Å². The minimum absolute atomic E-state index is 0.219. The number of halogens is 1. The maximum absolute atomic E-state index is 12.6. The third-order valence-corrected chi connectivity index (χ3v) is 4.09. The quantitative estimate of drug-likeness (QED) is 0.727. The lowest BCUT2D eigenvalue weighted by Gasteiger charge is -2.12. The van der Waals surface area contributed by atoms with E-state index < -0.39 is 0 Å². The maximum Gasteiger partial charge on any atom is 0.259 e. The third kappa shape index (κ3) is 3.19. The van der Waals surface area contributed by atoms with Gasteiger partial charge >= 0.3 is 0 Å². The largest absolute Gasteiger partial charge is 0.493 e. The second-order valence-corrected chi connectivity index (χ2v) is 5.73. The summed E-state index contributed by atoms with van der Waals surface area (Å²) < 4.78 is 6.46. The van der Waals surface area contributed by atoms with E-state index in [4.69, 9.17) is 4.74 Å². The van der Waals surface area contributed by atoms with Crippen molar-refractivity contribution in [2.45, 2.75) is 6.92 Å². The number of carbonyl (C=O) groups is 1. The minimum atomic E-state index is -0.219. The van der Waals surface area contributed by atoms with Crippen molar-refractivity contribution in [2.24, 2.45) is 0 Å². The molecule has 0 aliphatic rings. The summed E-state index contributed by atoms with van der Waals surface area (Å²) in [7, 11) is 0. The number of ether oxygens (including phenoxy) is 1. The molecule has 23 heavy (non-hydrogen) atoms. The SMILES string of the molecule is CCOc1ccccc1C(=O)Nc1ccc(Br)c2cccnc12. The number of amides is 1. The van der Waals surface area contributed by atoms with Crippen LogP contribution in [0, 0.1) is 0 Å². The van der Waals surface area contributed by atoms with Gasteiger partial charge in [-0.1, -0.05) is 34.1 Å². The Morgan fingerprint density at radius 3 is 2.83 bits per heavy atom. The minimum Gasteiger partial charge on any atom is -0.493 e. The lowest BCUT2D eigenvalue weighted by atomic mass is 10.1. The van der Waals surface area contributed by atoms with Crippen LogP contribution in [0.1, 0.15) is 17.3 Å². The lowest BCUT2D eigenvalue weighted by molar-refractivity contribution is 0.102. The highest BCUT2D eigenvalue weighted by atomic mass is 79.9. The first kappa shape index (κ1) is 15.5. The van der Waals surface area contributed by atoms with Crippen molar-refractivity contribution in [3.05, 3.63) is 64.8 Å². The van der Waals surface area contributed by atoms with E-state index >= 15 is 0 Å². The number of nitrogens with one attached hydrogen (secondary N) is 1. The molecule has 3 rings (SSSR count). The number of anilines is 1. The summed E-state index contributed by atoms with van der Waals surface area (Å²) in [6.45, 7) is 2.40. The zero-order valence-corrected chi connectivity index (χ0v) is 14.1. The molecule has 4 nitrogen and oxygen atoms in total. The number of para-hydroxylation sites is 1. The first-order valence-electron chi connectivity index (χ1n) is 7.27. The van der Waals surface area contributed by atoms with Crippen LogP contribution in [0.5, 0.6) is 5.75 Å². The molecule has 0 fully saturated rings. The van der Waals surface area contributed by atoms with Crippen LogP contribution in [-0.4, -0.2) is 17.5 Å². The number of pyridine rings is 1. The monoisotopic (exact) mass is 370 g/mol. The van der Waals surface area contributed by atoms with Crippen LogP contribution < -0.4 is 10.1 Å². The predicted molar refractivity (Wildman–Crippen MR) is 95.0 cm³/mol. The van der Waals surface area contributed by atoms with Crippen molar-refractivity contribution < 1.29 is 9.53 Å². The Morgan fingerprint density at radius 1 is 1.17 bits per heavy atom. The number of hydrogen-bond acceptors (Lipinski definition) is 3. The van der Waals surface area contributed by atoms with Gasteiger partial charge in [-0.05, 0) is 37.3 Å². The van der Waals surface area contributed by atoms with Crippen molar-refractivity contribution in [1.29, 1.82) is 0 Å². The highest BCUT2D eigenvalue weighted by Crippen LogP contribution is 2.29. The van der Waals surface area contributed by atoms with E-state index in [1.165, 1.54) is 0 Å². The number of aromatic nitrogens is 1. The van der Waals surface area contributed by atoms with E-state index in [1.807, 2.05) is 43.3 Å². The zero-order chi connectivity index (χ0) is 16.2. The van der Waals surface area contributed by atoms with Crippen molar-refractivity contribution in [3.63, 3.8) is 0 Å². The Balaban J connectivity index is 1.97. The van der Waals surface area contributed by atoms with Crippen molar-refractivity contribution in [1.82, 2.24) is 4.98 Å². The van der Waals surface area contributed by atoms with E-state index in [-0.39, 0.29) is 5.91 Å². The van der Waals surface area contributed by atoms with Gasteiger partial charge in [0.15, 0.2) is 0 Å². The van der Waals surface area contributed by atoms with Gasteiger partial charge in [-0.3, -0.25) is 9.78 Å². The molecule has 0 spiro atoms. The van der Waals surface area contributed by atoms with E-state index in [9.17, 15) is 4.79 Å². The number of fused-ring (bicyclic) bond motifs is 1. The molecule has 0 atom stereocenters. The third-order valence-electron chi connectivity index (χ3n) is 3.40. The average molecular weight is 371 g/mol. The molecule has 3 aromatic rings. The van der Waals surface area contributed by atoms with E-state index in [2.05, 4.69) is 26.2 Å². The smallest absolute Gasteiger partial charge is 0.259 e. The van der Waals surface area contributed by atoms with Gasteiger partial charge in [-0.2, -0.15) is 0 Å². The highest BCUT2D eigenvalue weighted by Gasteiger charge is 2.14. The Hall–Kier alpha value is -2.40. The molecule has 5 heteroatoms. The van der Waals surface area contributed by atoms with Gasteiger partial charge < -0.3 is 10.1 Å². The van der Waals surface area contributed by atoms with Gasteiger partial charge in [0.2, 0.25) is 0 Å². The normalized spacial score (nSPS) is 10.5. The summed E-state index contributed by atoms with van der Waals surface area (Å²) in [5.41, 5.74) is 1.91. The molecule has 0 saturated carbocycles. The summed E-state index contributed by atoms with van der Waals surface area (Å²) in [5.74, 6) is 0.352.